The summed E-state index contributed by atoms with van der Waals surface area (Å²) >= 11 is 3.31. The van der Waals surface area contributed by atoms with Gasteiger partial charge in [-0.05, 0) is 57.0 Å². The third-order valence-corrected chi connectivity index (χ3v) is 8.52. The minimum Gasteiger partial charge on any atom is -0.465 e. The molecule has 3 rings (SSSR count). The minimum atomic E-state index is -0.643. The molecule has 1 aromatic carbocycles. The third-order valence-electron chi connectivity index (χ3n) is 6.05. The lowest BCUT2D eigenvalue weighted by Crippen LogP contribution is -2.54. The molecule has 1 fully saturated rings. The normalized spacial score (nSPS) is 19.1. The van der Waals surface area contributed by atoms with Crippen LogP contribution in [0.1, 0.15) is 62.6 Å². The van der Waals surface area contributed by atoms with Gasteiger partial charge in [0.25, 0.3) is 0 Å². The summed E-state index contributed by atoms with van der Waals surface area (Å²) in [5.74, 6) is -0.504. The number of thiophene rings is 1. The van der Waals surface area contributed by atoms with Crippen molar-refractivity contribution in [2.24, 2.45) is 0 Å². The van der Waals surface area contributed by atoms with Crippen LogP contribution in [0.2, 0.25) is 0 Å². The second-order valence-corrected chi connectivity index (χ2v) is 12.7. The van der Waals surface area contributed by atoms with E-state index in [0.29, 0.717) is 31.7 Å². The number of carbonyl (C=O) groups is 3. The Hall–Kier alpha value is -2.36. The van der Waals surface area contributed by atoms with E-state index in [1.54, 1.807) is 28.0 Å². The van der Waals surface area contributed by atoms with E-state index in [1.165, 1.54) is 0 Å². The summed E-state index contributed by atoms with van der Waals surface area (Å²) < 4.78 is 11.1. The van der Waals surface area contributed by atoms with Crippen molar-refractivity contribution in [2.45, 2.75) is 76.3 Å². The average Bonchev–Trinajstić information content (AvgIpc) is 3.36. The molecule has 2 heterocycles. The van der Waals surface area contributed by atoms with Gasteiger partial charge in [-0.3, -0.25) is 19.7 Å². The van der Waals surface area contributed by atoms with Gasteiger partial charge < -0.3 is 14.4 Å². The van der Waals surface area contributed by atoms with Gasteiger partial charge in [0.2, 0.25) is 5.91 Å². The van der Waals surface area contributed by atoms with Gasteiger partial charge in [0, 0.05) is 17.2 Å². The maximum Gasteiger partial charge on any atom is 0.326 e. The Morgan fingerprint density at radius 3 is 2.58 bits per heavy atom. The van der Waals surface area contributed by atoms with Gasteiger partial charge in [-0.15, -0.1) is 23.1 Å². The summed E-state index contributed by atoms with van der Waals surface area (Å²) in [4.78, 5) is 42.3. The number of nitrogens with zero attached hydrogens (tertiary/aromatic N) is 1. The Labute approximate surface area is 234 Å². The van der Waals surface area contributed by atoms with Gasteiger partial charge in [-0.2, -0.15) is 0 Å². The first-order valence-corrected chi connectivity index (χ1v) is 15.2. The number of rotatable bonds is 12. The maximum atomic E-state index is 13.7. The Morgan fingerprint density at radius 2 is 1.92 bits per heavy atom. The number of aryl methyl sites for hydroxylation is 1. The molecule has 1 aliphatic rings. The van der Waals surface area contributed by atoms with Crippen LogP contribution >= 0.6 is 23.1 Å². The first kappa shape index (κ1) is 30.2. The molecule has 1 aliphatic heterocycles. The van der Waals surface area contributed by atoms with Crippen LogP contribution in [0.4, 0.5) is 0 Å². The molecule has 1 amide bonds. The van der Waals surface area contributed by atoms with E-state index in [9.17, 15) is 14.4 Å². The van der Waals surface area contributed by atoms with E-state index in [1.807, 2.05) is 69.5 Å². The lowest BCUT2D eigenvalue weighted by Gasteiger charge is -2.28. The molecule has 38 heavy (non-hydrogen) atoms. The number of hydrogen-bond acceptors (Lipinski definition) is 8. The smallest absolute Gasteiger partial charge is 0.326 e. The fraction of sp³-hybridized carbons (Fsp3) is 0.552. The van der Waals surface area contributed by atoms with Gasteiger partial charge in [0.1, 0.15) is 18.2 Å². The molecule has 1 saturated heterocycles. The second kappa shape index (κ2) is 14.7. The average molecular weight is 561 g/mol. The predicted molar refractivity (Wildman–Crippen MR) is 153 cm³/mol. The maximum absolute atomic E-state index is 13.7. The van der Waals surface area contributed by atoms with Gasteiger partial charge in [-0.1, -0.05) is 49.7 Å². The summed E-state index contributed by atoms with van der Waals surface area (Å²) in [5, 5.41) is 5.38. The fourth-order valence-corrected chi connectivity index (χ4v) is 6.43. The van der Waals surface area contributed by atoms with E-state index in [0.717, 1.165) is 23.3 Å². The molecular formula is C29H40N2O5S2. The van der Waals surface area contributed by atoms with Gasteiger partial charge >= 0.3 is 11.9 Å². The molecular weight excluding hydrogens is 520 g/mol. The zero-order valence-corrected chi connectivity index (χ0v) is 24.4. The van der Waals surface area contributed by atoms with E-state index < -0.39 is 23.7 Å². The molecule has 0 radical (unpaired) electrons. The lowest BCUT2D eigenvalue weighted by molar-refractivity contribution is -0.159. The van der Waals surface area contributed by atoms with Crippen molar-refractivity contribution in [3.8, 4) is 0 Å². The Morgan fingerprint density at radius 1 is 1.16 bits per heavy atom. The highest BCUT2D eigenvalue weighted by atomic mass is 32.2. The summed E-state index contributed by atoms with van der Waals surface area (Å²) in [6.45, 7) is 8.10. The number of hydrogen-bond donors (Lipinski definition) is 1. The summed E-state index contributed by atoms with van der Waals surface area (Å²) in [5.41, 5.74) is 0.475. The number of unbranched alkanes of at least 4 members (excludes halogenated alkanes) is 1. The SMILES string of the molecule is CCCCOC(=O)C(CCc1ccccc1)NC1CSC(c2cccs2)CN(CC(=O)OC(C)(C)C)C1=O. The van der Waals surface area contributed by atoms with Crippen LogP contribution in [0.15, 0.2) is 47.8 Å². The Bertz CT molecular complexity index is 1020. The van der Waals surface area contributed by atoms with E-state index >= 15 is 0 Å². The van der Waals surface area contributed by atoms with Crippen molar-refractivity contribution in [1.29, 1.82) is 0 Å². The molecule has 3 unspecified atom stereocenters. The molecule has 2 aromatic rings. The van der Waals surface area contributed by atoms with Crippen molar-refractivity contribution in [1.82, 2.24) is 10.2 Å². The van der Waals surface area contributed by atoms with Gasteiger partial charge in [0.15, 0.2) is 0 Å². The van der Waals surface area contributed by atoms with E-state index in [2.05, 4.69) is 11.4 Å². The fourth-order valence-electron chi connectivity index (χ4n) is 4.17. The number of amides is 1. The number of ether oxygens (including phenoxy) is 2. The molecule has 208 valence electrons. The molecule has 0 spiro atoms. The highest BCUT2D eigenvalue weighted by molar-refractivity contribution is 7.99. The molecule has 0 bridgehead atoms. The van der Waals surface area contributed by atoms with Crippen LogP contribution in [0.25, 0.3) is 0 Å². The second-order valence-electron chi connectivity index (χ2n) is 10.5. The molecule has 9 heteroatoms. The highest BCUT2D eigenvalue weighted by Crippen LogP contribution is 2.35. The Balaban J connectivity index is 1.78. The molecule has 1 aromatic heterocycles. The van der Waals surface area contributed by atoms with Crippen molar-refractivity contribution in [2.75, 3.05) is 25.4 Å². The number of benzene rings is 1. The van der Waals surface area contributed by atoms with Crippen LogP contribution in [0.5, 0.6) is 0 Å². The first-order valence-electron chi connectivity index (χ1n) is 13.3. The van der Waals surface area contributed by atoms with Crippen LogP contribution in [0.3, 0.4) is 0 Å². The van der Waals surface area contributed by atoms with Crippen LogP contribution in [-0.2, 0) is 30.3 Å². The van der Waals surface area contributed by atoms with Crippen molar-refractivity contribution >= 4 is 40.9 Å². The lowest BCUT2D eigenvalue weighted by atomic mass is 10.0. The molecule has 3 atom stereocenters. The predicted octanol–water partition coefficient (Wildman–Crippen LogP) is 5.01. The zero-order valence-electron chi connectivity index (χ0n) is 22.8. The zero-order chi connectivity index (χ0) is 27.5. The number of esters is 2. The van der Waals surface area contributed by atoms with E-state index in [-0.39, 0.29) is 23.7 Å². The molecule has 1 N–H and O–H groups in total. The van der Waals surface area contributed by atoms with E-state index in [4.69, 9.17) is 9.47 Å². The summed E-state index contributed by atoms with van der Waals surface area (Å²) in [6.07, 6.45) is 2.90. The number of carbonyl (C=O) groups excluding carboxylic acids is 3. The summed E-state index contributed by atoms with van der Waals surface area (Å²) in [6, 6.07) is 12.7. The monoisotopic (exact) mass is 560 g/mol. The topological polar surface area (TPSA) is 84.9 Å². The van der Waals surface area contributed by atoms with Gasteiger partial charge in [-0.25, -0.2) is 0 Å². The number of thioether (sulfide) groups is 1. The summed E-state index contributed by atoms with van der Waals surface area (Å²) in [7, 11) is 0. The third kappa shape index (κ3) is 9.75. The standard InChI is InChI=1S/C29H40N2O5S2/c1-5-6-16-35-28(34)22(15-14-21-11-8-7-9-12-21)30-23-20-38-25(24-13-10-17-37-24)18-31(27(23)33)19-26(32)36-29(2,3)4/h7-13,17,22-23,25,30H,5-6,14-16,18-20H2,1-4H3. The largest absolute Gasteiger partial charge is 0.465 e. The molecule has 0 saturated carbocycles. The van der Waals surface area contributed by atoms with Crippen molar-refractivity contribution in [3.05, 3.63) is 58.3 Å². The first-order chi connectivity index (χ1) is 18.2. The van der Waals surface area contributed by atoms with Crippen molar-refractivity contribution < 1.29 is 23.9 Å². The Kier molecular flexibility index (Phi) is 11.7. The van der Waals surface area contributed by atoms with Crippen LogP contribution < -0.4 is 5.32 Å². The van der Waals surface area contributed by atoms with Crippen LogP contribution in [0, 0.1) is 0 Å². The molecule has 0 aliphatic carbocycles. The quantitative estimate of drug-likeness (QED) is 0.289. The highest BCUT2D eigenvalue weighted by Gasteiger charge is 2.36. The van der Waals surface area contributed by atoms with Crippen LogP contribution in [-0.4, -0.2) is 65.9 Å². The minimum absolute atomic E-state index is 0.0347. The van der Waals surface area contributed by atoms with Crippen molar-refractivity contribution in [3.63, 3.8) is 0 Å². The molecule has 7 nitrogen and oxygen atoms in total. The number of nitrogens with one attached hydrogen (secondary N) is 1. The van der Waals surface area contributed by atoms with Gasteiger partial charge in [0.05, 0.1) is 17.9 Å².